The zero-order chi connectivity index (χ0) is 15.5. The second kappa shape index (κ2) is 6.28. The highest BCUT2D eigenvalue weighted by Gasteiger charge is 2.31. The van der Waals surface area contributed by atoms with Crippen molar-refractivity contribution in [3.63, 3.8) is 0 Å². The molecule has 8 heteroatoms. The number of aryl methyl sites for hydroxylation is 1. The summed E-state index contributed by atoms with van der Waals surface area (Å²) in [5.41, 5.74) is 0.729. The first-order valence-corrected chi connectivity index (χ1v) is 6.76. The minimum atomic E-state index is -4.50. The number of alkyl halides is 3. The van der Waals surface area contributed by atoms with Gasteiger partial charge in [-0.05, 0) is 19.8 Å². The maximum absolute atomic E-state index is 12.1. The Morgan fingerprint density at radius 2 is 2.00 bits per heavy atom. The summed E-state index contributed by atoms with van der Waals surface area (Å²) in [5, 5.41) is 2.20. The number of carbonyl (C=O) groups is 1. The van der Waals surface area contributed by atoms with Gasteiger partial charge in [0.15, 0.2) is 0 Å². The second-order valence-corrected chi connectivity index (χ2v) is 5.05. The Bertz CT molecular complexity index is 513. The summed E-state index contributed by atoms with van der Waals surface area (Å²) >= 11 is 0. The van der Waals surface area contributed by atoms with Crippen LogP contribution in [0.5, 0.6) is 0 Å². The lowest BCUT2D eigenvalue weighted by Gasteiger charge is -2.17. The van der Waals surface area contributed by atoms with Gasteiger partial charge in [0.1, 0.15) is 18.1 Å². The van der Waals surface area contributed by atoms with Crippen molar-refractivity contribution in [1.29, 1.82) is 0 Å². The van der Waals surface area contributed by atoms with Crippen molar-refractivity contribution in [3.05, 3.63) is 17.6 Å². The average molecular weight is 302 g/mol. The molecule has 1 N–H and O–H groups in total. The lowest BCUT2D eigenvalue weighted by molar-refractivity contribution is -0.153. The number of carbonyl (C=O) groups excluding carboxylic acids is 1. The van der Waals surface area contributed by atoms with Gasteiger partial charge in [0.25, 0.3) is 0 Å². The van der Waals surface area contributed by atoms with Gasteiger partial charge in [-0.1, -0.05) is 0 Å². The Kier molecular flexibility index (Phi) is 4.64. The van der Waals surface area contributed by atoms with Crippen LogP contribution in [0.3, 0.4) is 0 Å². The van der Waals surface area contributed by atoms with Crippen LogP contribution in [0.25, 0.3) is 0 Å². The van der Waals surface area contributed by atoms with Gasteiger partial charge in [-0.25, -0.2) is 9.97 Å². The van der Waals surface area contributed by atoms with Gasteiger partial charge in [-0.3, -0.25) is 4.79 Å². The first-order valence-electron chi connectivity index (χ1n) is 6.76. The van der Waals surface area contributed by atoms with Crippen molar-refractivity contribution in [2.75, 3.05) is 18.0 Å². The van der Waals surface area contributed by atoms with Gasteiger partial charge in [0, 0.05) is 24.8 Å². The van der Waals surface area contributed by atoms with Gasteiger partial charge in [0.2, 0.25) is 5.91 Å². The minimum absolute atomic E-state index is 0.0998. The molecule has 2 rings (SSSR count). The number of amides is 1. The first kappa shape index (κ1) is 15.5. The summed E-state index contributed by atoms with van der Waals surface area (Å²) in [6, 6.07) is 1.84. The van der Waals surface area contributed by atoms with E-state index in [1.165, 1.54) is 0 Å². The molecular weight excluding hydrogens is 285 g/mol. The van der Waals surface area contributed by atoms with Crippen molar-refractivity contribution in [1.82, 2.24) is 15.3 Å². The number of nitrogens with one attached hydrogen (secondary N) is 1. The van der Waals surface area contributed by atoms with Crippen LogP contribution < -0.4 is 10.2 Å². The SMILES string of the molecule is Cc1cc(N2CCCC2)nc(CNC(=O)CC(F)(F)F)n1. The molecule has 0 atom stereocenters. The molecule has 1 aliphatic rings. The minimum Gasteiger partial charge on any atom is -0.357 e. The second-order valence-electron chi connectivity index (χ2n) is 5.05. The third kappa shape index (κ3) is 4.87. The van der Waals surface area contributed by atoms with Crippen molar-refractivity contribution in [2.24, 2.45) is 0 Å². The van der Waals surface area contributed by atoms with Gasteiger partial charge in [-0.2, -0.15) is 13.2 Å². The van der Waals surface area contributed by atoms with Crippen molar-refractivity contribution in [2.45, 2.75) is 38.9 Å². The van der Waals surface area contributed by atoms with Crippen molar-refractivity contribution < 1.29 is 18.0 Å². The Hall–Kier alpha value is -1.86. The van der Waals surface area contributed by atoms with E-state index in [9.17, 15) is 18.0 Å². The van der Waals surface area contributed by atoms with E-state index < -0.39 is 18.5 Å². The number of aromatic nitrogens is 2. The molecule has 0 saturated carbocycles. The topological polar surface area (TPSA) is 58.1 Å². The highest BCUT2D eigenvalue weighted by Crippen LogP contribution is 2.20. The van der Waals surface area contributed by atoms with E-state index >= 15 is 0 Å². The highest BCUT2D eigenvalue weighted by molar-refractivity contribution is 5.76. The van der Waals surface area contributed by atoms with E-state index in [1.54, 1.807) is 6.92 Å². The molecule has 21 heavy (non-hydrogen) atoms. The molecule has 1 aliphatic heterocycles. The van der Waals surface area contributed by atoms with Crippen LogP contribution in [0.4, 0.5) is 19.0 Å². The average Bonchev–Trinajstić information content (AvgIpc) is 2.87. The molecular formula is C13H17F3N4O. The smallest absolute Gasteiger partial charge is 0.357 e. The van der Waals surface area contributed by atoms with E-state index in [0.717, 1.165) is 37.4 Å². The molecule has 1 saturated heterocycles. The Morgan fingerprint density at radius 3 is 2.62 bits per heavy atom. The van der Waals surface area contributed by atoms with Gasteiger partial charge in [-0.15, -0.1) is 0 Å². The number of hydrogen-bond donors (Lipinski definition) is 1. The third-order valence-electron chi connectivity index (χ3n) is 3.12. The van der Waals surface area contributed by atoms with E-state index in [2.05, 4.69) is 20.2 Å². The molecule has 0 spiro atoms. The zero-order valence-corrected chi connectivity index (χ0v) is 11.7. The number of halogens is 3. The van der Waals surface area contributed by atoms with E-state index in [4.69, 9.17) is 0 Å². The van der Waals surface area contributed by atoms with Gasteiger partial charge in [0.05, 0.1) is 6.54 Å². The predicted molar refractivity (Wildman–Crippen MR) is 70.7 cm³/mol. The Balaban J connectivity index is 1.98. The van der Waals surface area contributed by atoms with Crippen LogP contribution in [0.15, 0.2) is 6.07 Å². The lowest BCUT2D eigenvalue weighted by atomic mass is 10.3. The number of rotatable bonds is 4. The van der Waals surface area contributed by atoms with Crippen LogP contribution in [0.2, 0.25) is 0 Å². The molecule has 5 nitrogen and oxygen atoms in total. The molecule has 1 amide bonds. The monoisotopic (exact) mass is 302 g/mol. The quantitative estimate of drug-likeness (QED) is 0.923. The van der Waals surface area contributed by atoms with Crippen LogP contribution in [0.1, 0.15) is 30.8 Å². The predicted octanol–water partition coefficient (Wildman–Crippen LogP) is 1.95. The number of anilines is 1. The molecule has 0 unspecified atom stereocenters. The summed E-state index contributed by atoms with van der Waals surface area (Å²) in [4.78, 5) is 21.7. The summed E-state index contributed by atoms with van der Waals surface area (Å²) < 4.78 is 36.2. The third-order valence-corrected chi connectivity index (χ3v) is 3.12. The lowest BCUT2D eigenvalue weighted by Crippen LogP contribution is -2.29. The van der Waals surface area contributed by atoms with Crippen LogP contribution >= 0.6 is 0 Å². The highest BCUT2D eigenvalue weighted by atomic mass is 19.4. The van der Waals surface area contributed by atoms with Crippen molar-refractivity contribution >= 4 is 11.7 Å². The summed E-state index contributed by atoms with van der Waals surface area (Å²) in [6.07, 6.45) is -3.79. The maximum Gasteiger partial charge on any atom is 0.397 e. The van der Waals surface area contributed by atoms with E-state index in [0.29, 0.717) is 5.82 Å². The largest absolute Gasteiger partial charge is 0.397 e. The van der Waals surface area contributed by atoms with E-state index in [1.807, 2.05) is 6.07 Å². The normalized spacial score (nSPS) is 15.3. The molecule has 0 aliphatic carbocycles. The Labute approximate surface area is 120 Å². The standard InChI is InChI=1S/C13H17F3N4O/c1-9-6-11(20-4-2-3-5-20)19-10(18-9)8-17-12(21)7-13(14,15)16/h6H,2-5,7-8H2,1H3,(H,17,21). The number of nitrogens with zero attached hydrogens (tertiary/aromatic N) is 3. The molecule has 0 radical (unpaired) electrons. The Morgan fingerprint density at radius 1 is 1.33 bits per heavy atom. The fourth-order valence-corrected chi connectivity index (χ4v) is 2.22. The van der Waals surface area contributed by atoms with E-state index in [-0.39, 0.29) is 6.54 Å². The first-order chi connectivity index (χ1) is 9.83. The van der Waals surface area contributed by atoms with Crippen LogP contribution in [0, 0.1) is 6.92 Å². The molecule has 0 bridgehead atoms. The van der Waals surface area contributed by atoms with Crippen LogP contribution in [-0.2, 0) is 11.3 Å². The maximum atomic E-state index is 12.1. The molecule has 1 aromatic heterocycles. The van der Waals surface area contributed by atoms with Gasteiger partial charge < -0.3 is 10.2 Å². The van der Waals surface area contributed by atoms with Gasteiger partial charge >= 0.3 is 6.18 Å². The summed E-state index contributed by atoms with van der Waals surface area (Å²) in [6.45, 7) is 3.52. The molecule has 116 valence electrons. The van der Waals surface area contributed by atoms with Crippen LogP contribution in [-0.4, -0.2) is 35.1 Å². The fraction of sp³-hybridized carbons (Fsp3) is 0.615. The molecule has 1 fully saturated rings. The fourth-order valence-electron chi connectivity index (χ4n) is 2.22. The summed E-state index contributed by atoms with van der Waals surface area (Å²) in [7, 11) is 0. The summed E-state index contributed by atoms with van der Waals surface area (Å²) in [5.74, 6) is 0.0165. The molecule has 1 aromatic rings. The van der Waals surface area contributed by atoms with Crippen molar-refractivity contribution in [3.8, 4) is 0 Å². The molecule has 0 aromatic carbocycles. The molecule has 2 heterocycles. The zero-order valence-electron chi connectivity index (χ0n) is 11.7. The number of hydrogen-bond acceptors (Lipinski definition) is 4.